The van der Waals surface area contributed by atoms with Crippen LogP contribution in [0.4, 0.5) is 13.2 Å². The minimum absolute atomic E-state index is 0.0406. The number of piperidine rings is 1. The van der Waals surface area contributed by atoms with Crippen LogP contribution >= 0.6 is 11.6 Å². The molecule has 0 N–H and O–H groups in total. The van der Waals surface area contributed by atoms with Gasteiger partial charge in [-0.2, -0.15) is 13.2 Å². The average molecular weight is 399 g/mol. The fourth-order valence-corrected chi connectivity index (χ4v) is 6.05. The first kappa shape index (κ1) is 18.7. The van der Waals surface area contributed by atoms with Crippen LogP contribution in [0, 0.1) is 5.41 Å². The van der Waals surface area contributed by atoms with Gasteiger partial charge in [0.05, 0.1) is 22.7 Å². The molecule has 2 saturated heterocycles. The van der Waals surface area contributed by atoms with Crippen LogP contribution in [-0.4, -0.2) is 56.0 Å². The van der Waals surface area contributed by atoms with Crippen molar-refractivity contribution in [3.63, 3.8) is 0 Å². The summed E-state index contributed by atoms with van der Waals surface area (Å²) >= 11 is 5.60. The van der Waals surface area contributed by atoms with Crippen LogP contribution in [0.25, 0.3) is 0 Å². The molecule has 0 aromatic carbocycles. The van der Waals surface area contributed by atoms with Crippen molar-refractivity contribution in [1.29, 1.82) is 0 Å². The van der Waals surface area contributed by atoms with Gasteiger partial charge in [-0.15, -0.1) is 0 Å². The number of sulfone groups is 1. The molecule has 0 unspecified atom stereocenters. The Bertz CT molecular complexity index is 733. The number of nitrogens with zero attached hydrogens (tertiary/aromatic N) is 2. The molecule has 0 amide bonds. The molecule has 5 nitrogen and oxygen atoms in total. The molecule has 10 heteroatoms. The van der Waals surface area contributed by atoms with Crippen molar-refractivity contribution in [3.05, 3.63) is 23.0 Å². The number of likely N-dealkylation sites (tertiary alicyclic amines) is 1. The molecule has 2 aliphatic rings. The van der Waals surface area contributed by atoms with Crippen molar-refractivity contribution in [3.8, 4) is 5.75 Å². The van der Waals surface area contributed by atoms with E-state index in [1.807, 2.05) is 0 Å². The van der Waals surface area contributed by atoms with Gasteiger partial charge < -0.3 is 4.74 Å². The highest BCUT2D eigenvalue weighted by Crippen LogP contribution is 2.42. The molecule has 3 rings (SSSR count). The van der Waals surface area contributed by atoms with Crippen LogP contribution in [0.5, 0.6) is 5.75 Å². The Hall–Kier alpha value is -1.06. The number of ether oxygens (including phenoxy) is 1. The van der Waals surface area contributed by atoms with Gasteiger partial charge in [-0.1, -0.05) is 11.6 Å². The van der Waals surface area contributed by atoms with Crippen LogP contribution in [0.15, 0.2) is 12.3 Å². The Morgan fingerprint density at radius 2 is 1.92 bits per heavy atom. The second-order valence-electron chi connectivity index (χ2n) is 6.72. The molecule has 2 fully saturated rings. The lowest BCUT2D eigenvalue weighted by Crippen LogP contribution is -2.54. The number of halogens is 4. The Morgan fingerprint density at radius 1 is 1.28 bits per heavy atom. The number of hydrogen-bond donors (Lipinski definition) is 0. The molecule has 0 radical (unpaired) electrons. The standard InChI is InChI=1S/C15H18ClF3N2O3S/c16-12-7-11(8-20-13(12)15(17,18)19)24-6-5-21-3-1-14(2-4-21)9-25(22,23)10-14/h7-8H,1-6,9-10H2. The highest BCUT2D eigenvalue weighted by Gasteiger charge is 2.49. The monoisotopic (exact) mass is 398 g/mol. The third kappa shape index (κ3) is 4.38. The van der Waals surface area contributed by atoms with Crippen molar-refractivity contribution in [1.82, 2.24) is 9.88 Å². The van der Waals surface area contributed by atoms with E-state index in [-0.39, 0.29) is 11.2 Å². The predicted octanol–water partition coefficient (Wildman–Crippen LogP) is 2.64. The van der Waals surface area contributed by atoms with Crippen LogP contribution in [0.2, 0.25) is 5.02 Å². The van der Waals surface area contributed by atoms with Crippen molar-refractivity contribution < 1.29 is 26.3 Å². The molecular formula is C15H18ClF3N2O3S. The molecule has 25 heavy (non-hydrogen) atoms. The molecule has 2 aliphatic heterocycles. The lowest BCUT2D eigenvalue weighted by atomic mass is 9.81. The van der Waals surface area contributed by atoms with Gasteiger partial charge in [0.2, 0.25) is 0 Å². The second kappa shape index (κ2) is 6.59. The van der Waals surface area contributed by atoms with Gasteiger partial charge in [0.15, 0.2) is 15.5 Å². The summed E-state index contributed by atoms with van der Waals surface area (Å²) in [5.41, 5.74) is -1.17. The lowest BCUT2D eigenvalue weighted by molar-refractivity contribution is -0.141. The average Bonchev–Trinajstić information content (AvgIpc) is 2.46. The third-order valence-corrected chi connectivity index (χ3v) is 7.12. The van der Waals surface area contributed by atoms with E-state index >= 15 is 0 Å². The normalized spacial score (nSPS) is 22.6. The third-order valence-electron chi connectivity index (χ3n) is 4.73. The van der Waals surface area contributed by atoms with Gasteiger partial charge in [-0.3, -0.25) is 4.90 Å². The summed E-state index contributed by atoms with van der Waals surface area (Å²) in [6.07, 6.45) is -1.88. The van der Waals surface area contributed by atoms with E-state index in [2.05, 4.69) is 9.88 Å². The van der Waals surface area contributed by atoms with Crippen molar-refractivity contribution >= 4 is 21.4 Å². The van der Waals surface area contributed by atoms with E-state index in [4.69, 9.17) is 16.3 Å². The van der Waals surface area contributed by atoms with Gasteiger partial charge in [0, 0.05) is 18.0 Å². The summed E-state index contributed by atoms with van der Waals surface area (Å²) in [4.78, 5) is 5.48. The SMILES string of the molecule is O=S1(=O)CC2(CCN(CCOc3cnc(C(F)(F)F)c(Cl)c3)CC2)C1. The summed E-state index contributed by atoms with van der Waals surface area (Å²) in [5.74, 6) is 0.775. The van der Waals surface area contributed by atoms with Gasteiger partial charge in [0.25, 0.3) is 0 Å². The maximum absolute atomic E-state index is 12.6. The van der Waals surface area contributed by atoms with Gasteiger partial charge >= 0.3 is 6.18 Å². The first-order chi connectivity index (χ1) is 11.6. The first-order valence-electron chi connectivity index (χ1n) is 7.87. The lowest BCUT2D eigenvalue weighted by Gasteiger charge is -2.47. The van der Waals surface area contributed by atoms with Crippen LogP contribution < -0.4 is 4.74 Å². The minimum Gasteiger partial charge on any atom is -0.491 e. The number of rotatable bonds is 4. The van der Waals surface area contributed by atoms with Crippen LogP contribution in [0.1, 0.15) is 18.5 Å². The van der Waals surface area contributed by atoms with E-state index in [9.17, 15) is 21.6 Å². The molecule has 0 saturated carbocycles. The number of aromatic nitrogens is 1. The largest absolute Gasteiger partial charge is 0.491 e. The predicted molar refractivity (Wildman–Crippen MR) is 86.5 cm³/mol. The maximum Gasteiger partial charge on any atom is 0.434 e. The van der Waals surface area contributed by atoms with Crippen LogP contribution in [0.3, 0.4) is 0 Å². The minimum atomic E-state index is -4.59. The number of hydrogen-bond acceptors (Lipinski definition) is 5. The van der Waals surface area contributed by atoms with Gasteiger partial charge in [-0.05, 0) is 25.9 Å². The zero-order valence-electron chi connectivity index (χ0n) is 13.4. The summed E-state index contributed by atoms with van der Waals surface area (Å²) in [7, 11) is -2.82. The zero-order valence-corrected chi connectivity index (χ0v) is 14.9. The van der Waals surface area contributed by atoms with E-state index in [1.54, 1.807) is 0 Å². The fraction of sp³-hybridized carbons (Fsp3) is 0.667. The summed E-state index contributed by atoms with van der Waals surface area (Å²) in [5, 5.41) is -0.490. The van der Waals surface area contributed by atoms with Crippen molar-refractivity contribution in [2.75, 3.05) is 37.7 Å². The Kier molecular flexibility index (Phi) is 4.93. The summed E-state index contributed by atoms with van der Waals surface area (Å²) in [6, 6.07) is 1.11. The quantitative estimate of drug-likeness (QED) is 0.780. The maximum atomic E-state index is 12.6. The van der Waals surface area contributed by atoms with Crippen molar-refractivity contribution in [2.45, 2.75) is 19.0 Å². The summed E-state index contributed by atoms with van der Waals surface area (Å²) < 4.78 is 65.9. The molecular weight excluding hydrogens is 381 g/mol. The van der Waals surface area contributed by atoms with Crippen LogP contribution in [-0.2, 0) is 16.0 Å². The summed E-state index contributed by atoms with van der Waals surface area (Å²) in [6.45, 7) is 2.51. The fourth-order valence-electron chi connectivity index (χ4n) is 3.43. The Morgan fingerprint density at radius 3 is 2.44 bits per heavy atom. The molecule has 140 valence electrons. The Labute approximate surface area is 149 Å². The van der Waals surface area contributed by atoms with Gasteiger partial charge in [0.1, 0.15) is 12.4 Å². The number of alkyl halides is 3. The van der Waals surface area contributed by atoms with E-state index < -0.39 is 26.7 Å². The smallest absolute Gasteiger partial charge is 0.434 e. The van der Waals surface area contributed by atoms with E-state index in [1.165, 1.54) is 0 Å². The van der Waals surface area contributed by atoms with E-state index in [0.717, 1.165) is 38.2 Å². The molecule has 0 aliphatic carbocycles. The highest BCUT2D eigenvalue weighted by atomic mass is 35.5. The Balaban J connectivity index is 1.44. The molecule has 3 heterocycles. The molecule has 1 aromatic heterocycles. The topological polar surface area (TPSA) is 59.5 Å². The number of pyridine rings is 1. The molecule has 1 spiro atoms. The molecule has 0 bridgehead atoms. The van der Waals surface area contributed by atoms with E-state index in [0.29, 0.717) is 24.7 Å². The van der Waals surface area contributed by atoms with Crippen molar-refractivity contribution in [2.24, 2.45) is 5.41 Å². The zero-order chi connectivity index (χ0) is 18.3. The molecule has 0 atom stereocenters. The first-order valence-corrected chi connectivity index (χ1v) is 10.1. The highest BCUT2D eigenvalue weighted by molar-refractivity contribution is 7.92. The molecule has 1 aromatic rings. The van der Waals surface area contributed by atoms with Gasteiger partial charge in [-0.25, -0.2) is 13.4 Å². The second-order valence-corrected chi connectivity index (χ2v) is 9.19.